The fourth-order valence-corrected chi connectivity index (χ4v) is 3.38. The summed E-state index contributed by atoms with van der Waals surface area (Å²) < 4.78 is 0. The largest absolute Gasteiger partial charge is 0.478 e. The van der Waals surface area contributed by atoms with Crippen LogP contribution in [0.4, 0.5) is 0 Å². The molecule has 2 heterocycles. The quantitative estimate of drug-likeness (QED) is 0.831. The number of hydrogen-bond donors (Lipinski definition) is 1. The molecular weight excluding hydrogens is 246 g/mol. The SMILES string of the molecule is CCC1CCCN1Cc1cc(C=CC(=O)O)cs1. The van der Waals surface area contributed by atoms with Gasteiger partial charge in [-0.2, -0.15) is 0 Å². The minimum atomic E-state index is -0.895. The Bertz CT molecular complexity index is 439. The molecule has 1 fully saturated rings. The highest BCUT2D eigenvalue weighted by atomic mass is 32.1. The first kappa shape index (κ1) is 13.3. The lowest BCUT2D eigenvalue weighted by Gasteiger charge is -2.22. The second-order valence-electron chi connectivity index (χ2n) is 4.69. The van der Waals surface area contributed by atoms with Gasteiger partial charge in [0.2, 0.25) is 0 Å². The molecule has 0 bridgehead atoms. The molecule has 1 aliphatic heterocycles. The molecule has 3 nitrogen and oxygen atoms in total. The maximum Gasteiger partial charge on any atom is 0.328 e. The Morgan fingerprint density at radius 2 is 2.50 bits per heavy atom. The van der Waals surface area contributed by atoms with Gasteiger partial charge in [-0.3, -0.25) is 4.90 Å². The van der Waals surface area contributed by atoms with Crippen LogP contribution in [0.3, 0.4) is 0 Å². The zero-order valence-electron chi connectivity index (χ0n) is 10.6. The van der Waals surface area contributed by atoms with Crippen LogP contribution in [0.2, 0.25) is 0 Å². The van der Waals surface area contributed by atoms with Crippen molar-refractivity contribution >= 4 is 23.4 Å². The van der Waals surface area contributed by atoms with Gasteiger partial charge in [-0.1, -0.05) is 6.92 Å². The summed E-state index contributed by atoms with van der Waals surface area (Å²) in [7, 11) is 0. The van der Waals surface area contributed by atoms with Crippen LogP contribution in [0.1, 0.15) is 36.6 Å². The molecule has 98 valence electrons. The first-order chi connectivity index (χ1) is 8.69. The van der Waals surface area contributed by atoms with Crippen molar-refractivity contribution in [3.63, 3.8) is 0 Å². The Balaban J connectivity index is 1.96. The summed E-state index contributed by atoms with van der Waals surface area (Å²) >= 11 is 1.71. The summed E-state index contributed by atoms with van der Waals surface area (Å²) in [5, 5.41) is 10.6. The van der Waals surface area contributed by atoms with Crippen molar-refractivity contribution in [3.8, 4) is 0 Å². The normalized spacial score (nSPS) is 20.8. The van der Waals surface area contributed by atoms with Gasteiger partial charge in [0, 0.05) is 23.5 Å². The number of carboxylic acids is 1. The number of thiophene rings is 1. The van der Waals surface area contributed by atoms with Crippen molar-refractivity contribution in [1.29, 1.82) is 0 Å². The van der Waals surface area contributed by atoms with Gasteiger partial charge in [0.15, 0.2) is 0 Å². The van der Waals surface area contributed by atoms with Crippen LogP contribution in [-0.4, -0.2) is 28.6 Å². The minimum Gasteiger partial charge on any atom is -0.478 e. The Morgan fingerprint density at radius 3 is 3.22 bits per heavy atom. The van der Waals surface area contributed by atoms with Gasteiger partial charge >= 0.3 is 5.97 Å². The van der Waals surface area contributed by atoms with E-state index in [4.69, 9.17) is 5.11 Å². The van der Waals surface area contributed by atoms with Crippen LogP contribution in [0.25, 0.3) is 6.08 Å². The average molecular weight is 265 g/mol. The fourth-order valence-electron chi connectivity index (χ4n) is 2.50. The molecule has 2 rings (SSSR count). The second-order valence-corrected chi connectivity index (χ2v) is 5.69. The molecule has 0 radical (unpaired) electrons. The average Bonchev–Trinajstić information content (AvgIpc) is 2.96. The van der Waals surface area contributed by atoms with Gasteiger partial charge in [-0.15, -0.1) is 11.3 Å². The van der Waals surface area contributed by atoms with Gasteiger partial charge in [0.25, 0.3) is 0 Å². The van der Waals surface area contributed by atoms with Crippen molar-refractivity contribution in [2.24, 2.45) is 0 Å². The molecule has 1 aromatic heterocycles. The lowest BCUT2D eigenvalue weighted by molar-refractivity contribution is -0.131. The molecule has 4 heteroatoms. The summed E-state index contributed by atoms with van der Waals surface area (Å²) in [6, 6.07) is 2.82. The highest BCUT2D eigenvalue weighted by Crippen LogP contribution is 2.25. The van der Waals surface area contributed by atoms with E-state index < -0.39 is 5.97 Å². The van der Waals surface area contributed by atoms with Gasteiger partial charge in [-0.25, -0.2) is 4.79 Å². The number of aliphatic carboxylic acids is 1. The standard InChI is InChI=1S/C14H19NO2S/c1-2-12-4-3-7-15(12)9-13-8-11(10-18-13)5-6-14(16)17/h5-6,8,10,12H,2-4,7,9H2,1H3,(H,16,17). The van der Waals surface area contributed by atoms with E-state index in [2.05, 4.69) is 17.9 Å². The van der Waals surface area contributed by atoms with Gasteiger partial charge < -0.3 is 5.11 Å². The van der Waals surface area contributed by atoms with Crippen molar-refractivity contribution in [1.82, 2.24) is 4.90 Å². The maximum atomic E-state index is 10.4. The van der Waals surface area contributed by atoms with E-state index in [1.165, 1.54) is 36.8 Å². The second kappa shape index (κ2) is 6.16. The van der Waals surface area contributed by atoms with Crippen LogP contribution < -0.4 is 0 Å². The highest BCUT2D eigenvalue weighted by molar-refractivity contribution is 7.10. The van der Waals surface area contributed by atoms with Crippen LogP contribution in [0, 0.1) is 0 Å². The molecule has 18 heavy (non-hydrogen) atoms. The maximum absolute atomic E-state index is 10.4. The summed E-state index contributed by atoms with van der Waals surface area (Å²) in [5.41, 5.74) is 0.990. The molecule has 1 unspecified atom stereocenters. The van der Waals surface area contributed by atoms with Crippen molar-refractivity contribution < 1.29 is 9.90 Å². The summed E-state index contributed by atoms with van der Waals surface area (Å²) in [5.74, 6) is -0.895. The van der Waals surface area contributed by atoms with Crippen LogP contribution in [-0.2, 0) is 11.3 Å². The molecule has 0 spiro atoms. The smallest absolute Gasteiger partial charge is 0.328 e. The molecule has 0 aliphatic carbocycles. The molecule has 1 aromatic rings. The van der Waals surface area contributed by atoms with Gasteiger partial charge in [0.1, 0.15) is 0 Å². The van der Waals surface area contributed by atoms with E-state index >= 15 is 0 Å². The van der Waals surface area contributed by atoms with Crippen molar-refractivity contribution in [2.75, 3.05) is 6.54 Å². The topological polar surface area (TPSA) is 40.5 Å². The zero-order chi connectivity index (χ0) is 13.0. The number of carbonyl (C=O) groups is 1. The first-order valence-electron chi connectivity index (χ1n) is 6.41. The van der Waals surface area contributed by atoms with E-state index in [0.29, 0.717) is 0 Å². The summed E-state index contributed by atoms with van der Waals surface area (Å²) in [6.45, 7) is 4.44. The van der Waals surface area contributed by atoms with Crippen molar-refractivity contribution in [3.05, 3.63) is 28.0 Å². The predicted molar refractivity (Wildman–Crippen MR) is 74.7 cm³/mol. The molecule has 0 aromatic carbocycles. The summed E-state index contributed by atoms with van der Waals surface area (Å²) in [6.07, 6.45) is 6.68. The Hall–Kier alpha value is -1.13. The van der Waals surface area contributed by atoms with Crippen molar-refractivity contribution in [2.45, 2.75) is 38.8 Å². The lowest BCUT2D eigenvalue weighted by Crippen LogP contribution is -2.27. The number of rotatable bonds is 5. The van der Waals surface area contributed by atoms with E-state index in [0.717, 1.165) is 18.2 Å². The third-order valence-corrected chi connectivity index (χ3v) is 4.36. The number of likely N-dealkylation sites (tertiary alicyclic amines) is 1. The number of carboxylic acid groups (broad SMARTS) is 1. The van der Waals surface area contributed by atoms with Gasteiger partial charge in [0.05, 0.1) is 0 Å². The van der Waals surface area contributed by atoms with E-state index in [1.54, 1.807) is 17.4 Å². The molecule has 1 atom stereocenters. The van der Waals surface area contributed by atoms with Crippen LogP contribution in [0.5, 0.6) is 0 Å². The van der Waals surface area contributed by atoms with E-state index in [-0.39, 0.29) is 0 Å². The molecule has 0 amide bonds. The molecule has 1 N–H and O–H groups in total. The number of hydrogen-bond acceptors (Lipinski definition) is 3. The third kappa shape index (κ3) is 3.43. The lowest BCUT2D eigenvalue weighted by atomic mass is 10.2. The molecular formula is C14H19NO2S. The molecule has 1 saturated heterocycles. The van der Waals surface area contributed by atoms with Gasteiger partial charge in [-0.05, 0) is 48.9 Å². The molecule has 1 aliphatic rings. The number of nitrogens with zero attached hydrogens (tertiary/aromatic N) is 1. The van der Waals surface area contributed by atoms with E-state index in [1.807, 2.05) is 5.38 Å². The van der Waals surface area contributed by atoms with Crippen LogP contribution >= 0.6 is 11.3 Å². The van der Waals surface area contributed by atoms with E-state index in [9.17, 15) is 4.79 Å². The first-order valence-corrected chi connectivity index (χ1v) is 7.29. The Kier molecular flexibility index (Phi) is 4.55. The fraction of sp³-hybridized carbons (Fsp3) is 0.500. The third-order valence-electron chi connectivity index (χ3n) is 3.42. The zero-order valence-corrected chi connectivity index (χ0v) is 11.4. The predicted octanol–water partition coefficient (Wildman–Crippen LogP) is 3.22. The summed E-state index contributed by atoms with van der Waals surface area (Å²) in [4.78, 5) is 14.3. The minimum absolute atomic E-state index is 0.727. The monoisotopic (exact) mass is 265 g/mol. The Morgan fingerprint density at radius 1 is 1.67 bits per heavy atom. The van der Waals surface area contributed by atoms with Crippen LogP contribution in [0.15, 0.2) is 17.5 Å². The molecule has 0 saturated carbocycles. The Labute approximate surface area is 112 Å². The highest BCUT2D eigenvalue weighted by Gasteiger charge is 2.22.